The molecule has 2 rings (SSSR count). The third-order valence-corrected chi connectivity index (χ3v) is 5.56. The lowest BCUT2D eigenvalue weighted by Gasteiger charge is -2.15. The van der Waals surface area contributed by atoms with Crippen LogP contribution in [0.2, 0.25) is 0 Å². The maximum atomic E-state index is 12.2. The minimum Gasteiger partial charge on any atom is -0.349 e. The van der Waals surface area contributed by atoms with Crippen LogP contribution < -0.4 is 5.32 Å². The van der Waals surface area contributed by atoms with Crippen LogP contribution in [0.15, 0.2) is 59.5 Å². The van der Waals surface area contributed by atoms with Gasteiger partial charge in [-0.2, -0.15) is 0 Å². The van der Waals surface area contributed by atoms with Crippen LogP contribution in [0.4, 0.5) is 0 Å². The molecule has 0 aromatic heterocycles. The zero-order valence-corrected chi connectivity index (χ0v) is 15.7. The van der Waals surface area contributed by atoms with Gasteiger partial charge < -0.3 is 5.32 Å². The molecule has 25 heavy (non-hydrogen) atoms. The fraction of sp³-hybridized carbons (Fsp3) is 0.350. The predicted molar refractivity (Wildman–Crippen MR) is 100 cm³/mol. The lowest BCUT2D eigenvalue weighted by Crippen LogP contribution is -2.32. The van der Waals surface area contributed by atoms with E-state index < -0.39 is 21.5 Å². The Morgan fingerprint density at radius 1 is 0.960 bits per heavy atom. The Labute approximate surface area is 150 Å². The van der Waals surface area contributed by atoms with E-state index in [0.29, 0.717) is 5.92 Å². The molecule has 0 bridgehead atoms. The number of amides is 1. The van der Waals surface area contributed by atoms with Gasteiger partial charge in [0.1, 0.15) is 5.75 Å². The monoisotopic (exact) mass is 359 g/mol. The number of sulfone groups is 1. The van der Waals surface area contributed by atoms with Gasteiger partial charge in [0.2, 0.25) is 5.91 Å². The van der Waals surface area contributed by atoms with Crippen molar-refractivity contribution in [3.63, 3.8) is 0 Å². The fourth-order valence-electron chi connectivity index (χ4n) is 2.66. The summed E-state index contributed by atoms with van der Waals surface area (Å²) in [5.41, 5.74) is 2.21. The highest BCUT2D eigenvalue weighted by atomic mass is 32.2. The molecule has 4 nitrogen and oxygen atoms in total. The summed E-state index contributed by atoms with van der Waals surface area (Å²) in [6, 6.07) is 15.9. The number of hydrogen-bond donors (Lipinski definition) is 1. The lowest BCUT2D eigenvalue weighted by molar-refractivity contribution is -0.119. The van der Waals surface area contributed by atoms with Crippen molar-refractivity contribution in [1.29, 1.82) is 0 Å². The van der Waals surface area contributed by atoms with Gasteiger partial charge >= 0.3 is 0 Å². The number of hydrogen-bond acceptors (Lipinski definition) is 3. The zero-order chi connectivity index (χ0) is 18.4. The molecule has 0 radical (unpaired) electrons. The van der Waals surface area contributed by atoms with Crippen LogP contribution in [0.5, 0.6) is 0 Å². The molecular formula is C20H25NO3S. The molecule has 0 saturated heterocycles. The Balaban J connectivity index is 1.98. The van der Waals surface area contributed by atoms with Crippen molar-refractivity contribution in [3.05, 3.63) is 65.7 Å². The molecule has 1 N–H and O–H groups in total. The molecule has 0 aliphatic carbocycles. The van der Waals surface area contributed by atoms with Gasteiger partial charge in [-0.15, -0.1) is 0 Å². The van der Waals surface area contributed by atoms with Gasteiger partial charge in [-0.25, -0.2) is 8.42 Å². The van der Waals surface area contributed by atoms with E-state index in [1.807, 2.05) is 19.1 Å². The first-order valence-corrected chi connectivity index (χ1v) is 10.1. The zero-order valence-electron chi connectivity index (χ0n) is 14.9. The Hall–Kier alpha value is -2.14. The van der Waals surface area contributed by atoms with Crippen molar-refractivity contribution < 1.29 is 13.2 Å². The van der Waals surface area contributed by atoms with Crippen molar-refractivity contribution in [3.8, 4) is 0 Å². The largest absolute Gasteiger partial charge is 0.349 e. The SMILES string of the molecule is CC(C)Cc1ccc(C(C)NC(=O)CS(=O)(=O)c2ccccc2)cc1. The Morgan fingerprint density at radius 2 is 1.56 bits per heavy atom. The van der Waals surface area contributed by atoms with Crippen molar-refractivity contribution >= 4 is 15.7 Å². The molecule has 0 spiro atoms. The molecule has 5 heteroatoms. The molecule has 1 amide bonds. The maximum Gasteiger partial charge on any atom is 0.236 e. The van der Waals surface area contributed by atoms with E-state index in [-0.39, 0.29) is 10.9 Å². The third-order valence-electron chi connectivity index (χ3n) is 3.92. The summed E-state index contributed by atoms with van der Waals surface area (Å²) >= 11 is 0. The van der Waals surface area contributed by atoms with Crippen LogP contribution in [0, 0.1) is 5.92 Å². The van der Waals surface area contributed by atoms with Crippen molar-refractivity contribution in [1.82, 2.24) is 5.32 Å². The molecule has 2 aromatic carbocycles. The predicted octanol–water partition coefficient (Wildman–Crippen LogP) is 3.54. The second kappa shape index (κ2) is 8.30. The van der Waals surface area contributed by atoms with E-state index in [0.717, 1.165) is 12.0 Å². The minimum atomic E-state index is -3.62. The molecule has 2 aromatic rings. The lowest BCUT2D eigenvalue weighted by atomic mass is 10.00. The number of nitrogens with one attached hydrogen (secondary N) is 1. The molecule has 0 heterocycles. The summed E-state index contributed by atoms with van der Waals surface area (Å²) in [4.78, 5) is 12.3. The molecular weight excluding hydrogens is 334 g/mol. The maximum absolute atomic E-state index is 12.2. The summed E-state index contributed by atoms with van der Waals surface area (Å²) in [5.74, 6) is -0.457. The first kappa shape index (κ1) is 19.2. The van der Waals surface area contributed by atoms with Gasteiger partial charge in [-0.1, -0.05) is 56.3 Å². The Bertz CT molecular complexity index is 797. The van der Waals surface area contributed by atoms with E-state index in [4.69, 9.17) is 0 Å². The topological polar surface area (TPSA) is 63.2 Å². The summed E-state index contributed by atoms with van der Waals surface area (Å²) in [7, 11) is -3.62. The smallest absolute Gasteiger partial charge is 0.236 e. The Morgan fingerprint density at radius 3 is 2.12 bits per heavy atom. The molecule has 1 atom stereocenters. The average molecular weight is 359 g/mol. The van der Waals surface area contributed by atoms with Gasteiger partial charge in [0.05, 0.1) is 10.9 Å². The number of carbonyl (C=O) groups is 1. The highest BCUT2D eigenvalue weighted by molar-refractivity contribution is 7.92. The highest BCUT2D eigenvalue weighted by Gasteiger charge is 2.20. The number of benzene rings is 2. The molecule has 0 fully saturated rings. The van der Waals surface area contributed by atoms with E-state index >= 15 is 0 Å². The average Bonchev–Trinajstić information content (AvgIpc) is 2.55. The van der Waals surface area contributed by atoms with E-state index in [2.05, 4.69) is 31.3 Å². The summed E-state index contributed by atoms with van der Waals surface area (Å²) in [6.45, 7) is 6.19. The second-order valence-corrected chi connectivity index (χ2v) is 8.69. The van der Waals surface area contributed by atoms with Gasteiger partial charge in [0, 0.05) is 0 Å². The van der Waals surface area contributed by atoms with Crippen molar-refractivity contribution in [2.45, 2.75) is 38.1 Å². The first-order chi connectivity index (χ1) is 11.8. The normalized spacial score (nSPS) is 12.8. The van der Waals surface area contributed by atoms with Crippen LogP contribution in [-0.4, -0.2) is 20.1 Å². The fourth-order valence-corrected chi connectivity index (χ4v) is 3.83. The van der Waals surface area contributed by atoms with Crippen LogP contribution in [-0.2, 0) is 21.1 Å². The third kappa shape index (κ3) is 5.71. The van der Waals surface area contributed by atoms with Crippen LogP contribution in [0.25, 0.3) is 0 Å². The van der Waals surface area contributed by atoms with Gasteiger partial charge in [0.15, 0.2) is 9.84 Å². The van der Waals surface area contributed by atoms with Crippen LogP contribution in [0.3, 0.4) is 0 Å². The summed E-state index contributed by atoms with van der Waals surface area (Å²) in [6.07, 6.45) is 1.01. The van der Waals surface area contributed by atoms with Crippen molar-refractivity contribution in [2.24, 2.45) is 5.92 Å². The molecule has 134 valence electrons. The number of carbonyl (C=O) groups excluding carboxylic acids is 1. The van der Waals surface area contributed by atoms with Crippen LogP contribution in [0.1, 0.15) is 37.9 Å². The van der Waals surface area contributed by atoms with Crippen LogP contribution >= 0.6 is 0 Å². The van der Waals surface area contributed by atoms with Gasteiger partial charge in [0.25, 0.3) is 0 Å². The molecule has 1 unspecified atom stereocenters. The Kier molecular flexibility index (Phi) is 6.37. The summed E-state index contributed by atoms with van der Waals surface area (Å²) in [5, 5.41) is 2.76. The molecule has 0 aliphatic heterocycles. The molecule has 0 aliphatic rings. The first-order valence-electron chi connectivity index (χ1n) is 8.44. The molecule has 0 saturated carbocycles. The quantitative estimate of drug-likeness (QED) is 0.822. The number of rotatable bonds is 7. The summed E-state index contributed by atoms with van der Waals surface area (Å²) < 4.78 is 24.5. The van der Waals surface area contributed by atoms with Gasteiger partial charge in [-0.05, 0) is 42.5 Å². The second-order valence-electron chi connectivity index (χ2n) is 6.70. The van der Waals surface area contributed by atoms with E-state index in [1.165, 1.54) is 17.7 Å². The van der Waals surface area contributed by atoms with E-state index in [1.54, 1.807) is 18.2 Å². The van der Waals surface area contributed by atoms with Gasteiger partial charge in [-0.3, -0.25) is 4.79 Å². The highest BCUT2D eigenvalue weighted by Crippen LogP contribution is 2.16. The minimum absolute atomic E-state index is 0.163. The van der Waals surface area contributed by atoms with E-state index in [9.17, 15) is 13.2 Å². The standard InChI is InChI=1S/C20H25NO3S/c1-15(2)13-17-9-11-18(12-10-17)16(3)21-20(22)14-25(23,24)19-7-5-4-6-8-19/h4-12,15-16H,13-14H2,1-3H3,(H,21,22). The van der Waals surface area contributed by atoms with Crippen molar-refractivity contribution in [2.75, 3.05) is 5.75 Å².